The highest BCUT2D eigenvalue weighted by atomic mass is 16.5. The molecule has 1 N–H and O–H groups in total. The molecule has 0 radical (unpaired) electrons. The molecule has 5 aromatic rings. The zero-order chi connectivity index (χ0) is 24.7. The third-order valence-corrected chi connectivity index (χ3v) is 6.18. The first-order chi connectivity index (χ1) is 17.7. The van der Waals surface area contributed by atoms with Crippen LogP contribution in [0.25, 0.3) is 22.0 Å². The Morgan fingerprint density at radius 2 is 1.47 bits per heavy atom. The van der Waals surface area contributed by atoms with Crippen molar-refractivity contribution in [3.63, 3.8) is 0 Å². The Hall–Kier alpha value is -4.64. The third-order valence-electron chi connectivity index (χ3n) is 6.18. The molecule has 1 amide bonds. The van der Waals surface area contributed by atoms with Gasteiger partial charge in [0.15, 0.2) is 6.61 Å². The van der Waals surface area contributed by atoms with Gasteiger partial charge < -0.3 is 9.30 Å². The summed E-state index contributed by atoms with van der Waals surface area (Å²) < 4.78 is 7.91. The number of hydrazone groups is 1. The second-order valence-electron chi connectivity index (χ2n) is 8.56. The Morgan fingerprint density at radius 3 is 2.22 bits per heavy atom. The van der Waals surface area contributed by atoms with Gasteiger partial charge in [0.25, 0.3) is 5.91 Å². The van der Waals surface area contributed by atoms with Crippen LogP contribution in [0.3, 0.4) is 0 Å². The lowest BCUT2D eigenvalue weighted by atomic mass is 10.1. The summed E-state index contributed by atoms with van der Waals surface area (Å²) >= 11 is 0. The summed E-state index contributed by atoms with van der Waals surface area (Å²) in [7, 11) is 0. The van der Waals surface area contributed by atoms with E-state index in [2.05, 4.69) is 58.4 Å². The number of hydrogen-bond donors (Lipinski definition) is 1. The lowest BCUT2D eigenvalue weighted by molar-refractivity contribution is -0.123. The van der Waals surface area contributed by atoms with Gasteiger partial charge in [0.2, 0.25) is 0 Å². The molecule has 4 aromatic carbocycles. The van der Waals surface area contributed by atoms with E-state index in [0.29, 0.717) is 5.75 Å². The fourth-order valence-electron chi connectivity index (χ4n) is 4.31. The molecule has 1 aromatic heterocycles. The summed E-state index contributed by atoms with van der Waals surface area (Å²) in [6.45, 7) is 2.73. The normalized spacial score (nSPS) is 11.1. The quantitative estimate of drug-likeness (QED) is 0.216. The Labute approximate surface area is 210 Å². The van der Waals surface area contributed by atoms with Crippen molar-refractivity contribution in [2.75, 3.05) is 6.61 Å². The van der Waals surface area contributed by atoms with Crippen LogP contribution in [0.2, 0.25) is 0 Å². The van der Waals surface area contributed by atoms with Crippen molar-refractivity contribution in [1.29, 1.82) is 0 Å². The fourth-order valence-corrected chi connectivity index (χ4v) is 4.31. The minimum atomic E-state index is -0.316. The highest BCUT2D eigenvalue weighted by molar-refractivity contribution is 6.01. The lowest BCUT2D eigenvalue weighted by Gasteiger charge is -2.08. The molecule has 5 heteroatoms. The lowest BCUT2D eigenvalue weighted by Crippen LogP contribution is -2.24. The van der Waals surface area contributed by atoms with E-state index >= 15 is 0 Å². The first-order valence-electron chi connectivity index (χ1n) is 11.9. The van der Waals surface area contributed by atoms with Crippen LogP contribution in [-0.4, -0.2) is 23.3 Å². The monoisotopic (exact) mass is 473 g/mol. The molecule has 0 fully saturated rings. The number of aromatic nitrogens is 1. The van der Waals surface area contributed by atoms with Crippen molar-refractivity contribution in [2.45, 2.75) is 13.5 Å². The van der Waals surface area contributed by atoms with Crippen molar-refractivity contribution in [2.24, 2.45) is 5.10 Å². The Morgan fingerprint density at radius 1 is 0.833 bits per heavy atom. The molecule has 0 saturated heterocycles. The summed E-state index contributed by atoms with van der Waals surface area (Å²) in [6, 6.07) is 36.4. The zero-order valence-electron chi connectivity index (χ0n) is 20.1. The number of carbonyl (C=O) groups excluding carboxylic acids is 1. The molecule has 0 bridgehead atoms. The maximum Gasteiger partial charge on any atom is 0.277 e. The van der Waals surface area contributed by atoms with Crippen LogP contribution < -0.4 is 10.2 Å². The number of hydrogen-bond acceptors (Lipinski definition) is 3. The number of amides is 1. The number of rotatable bonds is 8. The molecule has 0 aliphatic rings. The summed E-state index contributed by atoms with van der Waals surface area (Å²) in [6.07, 6.45) is 1.71. The molecule has 178 valence electrons. The van der Waals surface area contributed by atoms with Gasteiger partial charge in [-0.25, -0.2) is 5.43 Å². The van der Waals surface area contributed by atoms with Gasteiger partial charge in [0.05, 0.1) is 6.21 Å². The highest BCUT2D eigenvalue weighted by Gasteiger charge is 2.13. The maximum atomic E-state index is 12.3. The topological polar surface area (TPSA) is 55.6 Å². The molecule has 5 rings (SSSR count). The average molecular weight is 474 g/mol. The van der Waals surface area contributed by atoms with E-state index < -0.39 is 0 Å². The van der Waals surface area contributed by atoms with Crippen LogP contribution >= 0.6 is 0 Å². The molecule has 0 spiro atoms. The minimum Gasteiger partial charge on any atom is -0.484 e. The number of ether oxygens (including phenoxy) is 1. The van der Waals surface area contributed by atoms with Crippen LogP contribution in [0.1, 0.15) is 16.8 Å². The number of nitrogens with one attached hydrogen (secondary N) is 1. The smallest absolute Gasteiger partial charge is 0.277 e. The first kappa shape index (κ1) is 23.1. The van der Waals surface area contributed by atoms with E-state index in [0.717, 1.165) is 39.8 Å². The molecular formula is C31H27N3O2. The Balaban J connectivity index is 1.23. The van der Waals surface area contributed by atoms with Gasteiger partial charge in [-0.15, -0.1) is 0 Å². The number of para-hydroxylation sites is 1. The van der Waals surface area contributed by atoms with Crippen molar-refractivity contribution in [3.05, 3.63) is 126 Å². The molecule has 1 heterocycles. The van der Waals surface area contributed by atoms with E-state index in [1.165, 1.54) is 5.56 Å². The summed E-state index contributed by atoms with van der Waals surface area (Å²) in [5, 5.41) is 5.32. The predicted octanol–water partition coefficient (Wildman–Crippen LogP) is 6.19. The fraction of sp³-hybridized carbons (Fsp3) is 0.0968. The number of nitrogens with zero attached hydrogens (tertiary/aromatic N) is 2. The van der Waals surface area contributed by atoms with Crippen LogP contribution in [0.4, 0.5) is 0 Å². The largest absolute Gasteiger partial charge is 0.484 e. The predicted molar refractivity (Wildman–Crippen MR) is 145 cm³/mol. The number of fused-ring (bicyclic) bond motifs is 1. The second kappa shape index (κ2) is 10.7. The summed E-state index contributed by atoms with van der Waals surface area (Å²) in [5.74, 6) is 0.317. The van der Waals surface area contributed by atoms with Gasteiger partial charge in [-0.3, -0.25) is 4.79 Å². The summed E-state index contributed by atoms with van der Waals surface area (Å²) in [4.78, 5) is 12.3. The van der Waals surface area contributed by atoms with Crippen molar-refractivity contribution in [3.8, 4) is 16.9 Å². The van der Waals surface area contributed by atoms with Gasteiger partial charge in [0.1, 0.15) is 5.75 Å². The molecule has 5 nitrogen and oxygen atoms in total. The zero-order valence-corrected chi connectivity index (χ0v) is 20.1. The van der Waals surface area contributed by atoms with E-state index in [4.69, 9.17) is 4.74 Å². The van der Waals surface area contributed by atoms with Gasteiger partial charge in [-0.05, 0) is 41.8 Å². The number of benzene rings is 4. The van der Waals surface area contributed by atoms with Crippen LogP contribution in [0.5, 0.6) is 5.75 Å². The second-order valence-corrected chi connectivity index (χ2v) is 8.56. The van der Waals surface area contributed by atoms with Gasteiger partial charge in [-0.2, -0.15) is 5.10 Å². The van der Waals surface area contributed by atoms with Gasteiger partial charge in [0, 0.05) is 28.7 Å². The summed E-state index contributed by atoms with van der Waals surface area (Å²) in [5.41, 5.74) is 9.26. The SMILES string of the molecule is Cc1c(C=NNC(=O)COc2ccc(-c3ccccc3)cc2)c2ccccc2n1Cc1ccccc1. The number of carbonyl (C=O) groups is 1. The van der Waals surface area contributed by atoms with E-state index in [1.807, 2.05) is 72.8 Å². The molecule has 0 aliphatic heterocycles. The van der Waals surface area contributed by atoms with Crippen molar-refractivity contribution >= 4 is 23.0 Å². The standard InChI is InChI=1S/C31H27N3O2/c1-23-29(28-14-8-9-15-30(28)34(23)21-24-10-4-2-5-11-24)20-32-33-31(35)22-36-27-18-16-26(17-19-27)25-12-6-3-7-13-25/h2-20H,21-22H2,1H3,(H,33,35). The molecule has 0 atom stereocenters. The Kier molecular flexibility index (Phi) is 6.90. The van der Waals surface area contributed by atoms with Crippen molar-refractivity contribution < 1.29 is 9.53 Å². The van der Waals surface area contributed by atoms with E-state index in [9.17, 15) is 4.79 Å². The van der Waals surface area contributed by atoms with Gasteiger partial charge in [-0.1, -0.05) is 91.0 Å². The van der Waals surface area contributed by atoms with Crippen LogP contribution in [0.15, 0.2) is 114 Å². The Bertz CT molecular complexity index is 1490. The van der Waals surface area contributed by atoms with E-state index in [-0.39, 0.29) is 12.5 Å². The van der Waals surface area contributed by atoms with Gasteiger partial charge >= 0.3 is 0 Å². The third kappa shape index (κ3) is 5.20. The van der Waals surface area contributed by atoms with Crippen LogP contribution in [-0.2, 0) is 11.3 Å². The first-order valence-corrected chi connectivity index (χ1v) is 11.9. The van der Waals surface area contributed by atoms with Crippen molar-refractivity contribution in [1.82, 2.24) is 9.99 Å². The highest BCUT2D eigenvalue weighted by Crippen LogP contribution is 2.26. The van der Waals surface area contributed by atoms with Crippen LogP contribution in [0, 0.1) is 6.92 Å². The van der Waals surface area contributed by atoms with E-state index in [1.54, 1.807) is 6.21 Å². The minimum absolute atomic E-state index is 0.114. The molecule has 0 unspecified atom stereocenters. The maximum absolute atomic E-state index is 12.3. The molecule has 0 aliphatic carbocycles. The molecule has 36 heavy (non-hydrogen) atoms. The average Bonchev–Trinajstić information content (AvgIpc) is 3.19. The molecular weight excluding hydrogens is 446 g/mol. The molecule has 0 saturated carbocycles.